The summed E-state index contributed by atoms with van der Waals surface area (Å²) in [6.07, 6.45) is -0.506. The molecule has 0 saturated heterocycles. The minimum Gasteiger partial charge on any atom is -0.422 e. The van der Waals surface area contributed by atoms with Gasteiger partial charge in [-0.05, 0) is 42.3 Å². The third kappa shape index (κ3) is 3.88. The normalized spacial score (nSPS) is 10.7. The maximum Gasteiger partial charge on any atom is 0.414 e. The molecule has 3 rings (SSSR count). The summed E-state index contributed by atoms with van der Waals surface area (Å²) in [6.45, 7) is 1.69. The first-order valence-electron chi connectivity index (χ1n) is 8.60. The first kappa shape index (κ1) is 19.2. The van der Waals surface area contributed by atoms with Gasteiger partial charge in [-0.15, -0.1) is 0 Å². The Kier molecular flexibility index (Phi) is 5.17. The van der Waals surface area contributed by atoms with E-state index in [0.717, 1.165) is 5.56 Å². The van der Waals surface area contributed by atoms with E-state index < -0.39 is 11.7 Å². The molecule has 0 aliphatic heterocycles. The molecule has 0 unspecified atom stereocenters. The Bertz CT molecular complexity index is 1130. The Morgan fingerprint density at radius 1 is 1.14 bits per heavy atom. The predicted molar refractivity (Wildman–Crippen MR) is 106 cm³/mol. The fraction of sp³-hybridized carbons (Fsp3) is 0.190. The van der Waals surface area contributed by atoms with Gasteiger partial charge in [0.2, 0.25) is 0 Å². The number of ketones is 1. The highest BCUT2D eigenvalue weighted by molar-refractivity contribution is 6.01. The molecule has 1 heterocycles. The van der Waals surface area contributed by atoms with E-state index >= 15 is 0 Å². The van der Waals surface area contributed by atoms with Crippen molar-refractivity contribution in [3.05, 3.63) is 69.6 Å². The minimum absolute atomic E-state index is 0.00737. The molecule has 0 saturated carbocycles. The van der Waals surface area contributed by atoms with Gasteiger partial charge in [-0.3, -0.25) is 4.79 Å². The van der Waals surface area contributed by atoms with Gasteiger partial charge >= 0.3 is 11.7 Å². The number of nitrogens with two attached hydrogens (primary N) is 1. The van der Waals surface area contributed by atoms with Crippen LogP contribution in [0.5, 0.6) is 5.75 Å². The van der Waals surface area contributed by atoms with Crippen LogP contribution in [0.15, 0.2) is 51.7 Å². The molecule has 1 amide bonds. The van der Waals surface area contributed by atoms with Crippen molar-refractivity contribution >= 4 is 28.5 Å². The molecule has 0 aliphatic rings. The average Bonchev–Trinajstić information content (AvgIpc) is 2.61. The monoisotopic (exact) mass is 380 g/mol. The Labute approximate surface area is 161 Å². The molecule has 1 aromatic heterocycles. The summed E-state index contributed by atoms with van der Waals surface area (Å²) in [7, 11) is 3.12. The fourth-order valence-corrected chi connectivity index (χ4v) is 2.89. The van der Waals surface area contributed by atoms with Crippen molar-refractivity contribution in [2.24, 2.45) is 0 Å². The van der Waals surface area contributed by atoms with Gasteiger partial charge in [0, 0.05) is 37.7 Å². The number of benzene rings is 2. The van der Waals surface area contributed by atoms with Crippen molar-refractivity contribution in [2.75, 3.05) is 19.8 Å². The molecule has 0 spiro atoms. The van der Waals surface area contributed by atoms with Crippen LogP contribution < -0.4 is 16.1 Å². The average molecular weight is 380 g/mol. The van der Waals surface area contributed by atoms with Crippen molar-refractivity contribution in [2.45, 2.75) is 13.3 Å². The Morgan fingerprint density at radius 3 is 2.57 bits per heavy atom. The number of carbonyl (C=O) groups excluding carboxylic acids is 2. The zero-order valence-electron chi connectivity index (χ0n) is 15.8. The number of aryl methyl sites for hydroxylation is 1. The Balaban J connectivity index is 1.97. The van der Waals surface area contributed by atoms with Crippen LogP contribution in [0.3, 0.4) is 0 Å². The van der Waals surface area contributed by atoms with E-state index in [2.05, 4.69) is 0 Å². The maximum absolute atomic E-state index is 12.7. The van der Waals surface area contributed by atoms with Crippen LogP contribution in [0.25, 0.3) is 11.0 Å². The van der Waals surface area contributed by atoms with E-state index in [1.807, 2.05) is 0 Å². The van der Waals surface area contributed by atoms with E-state index in [1.165, 1.54) is 11.0 Å². The largest absolute Gasteiger partial charge is 0.422 e. The number of hydrogen-bond acceptors (Lipinski definition) is 6. The second kappa shape index (κ2) is 7.56. The predicted octanol–water partition coefficient (Wildman–Crippen LogP) is 3.17. The molecule has 7 nitrogen and oxygen atoms in total. The maximum atomic E-state index is 12.7. The number of hydrogen-bond donors (Lipinski definition) is 1. The van der Waals surface area contributed by atoms with Crippen LogP contribution in [0.2, 0.25) is 0 Å². The van der Waals surface area contributed by atoms with E-state index in [0.29, 0.717) is 16.6 Å². The highest BCUT2D eigenvalue weighted by Crippen LogP contribution is 2.25. The van der Waals surface area contributed by atoms with Crippen LogP contribution in [0.4, 0.5) is 10.5 Å². The highest BCUT2D eigenvalue weighted by atomic mass is 16.6. The van der Waals surface area contributed by atoms with Gasteiger partial charge in [0.1, 0.15) is 16.9 Å². The van der Waals surface area contributed by atoms with Crippen molar-refractivity contribution in [1.29, 1.82) is 0 Å². The molecule has 2 N–H and O–H groups in total. The van der Waals surface area contributed by atoms with Crippen LogP contribution in [0, 0.1) is 6.92 Å². The number of nitrogen functional groups attached to an aromatic ring is 1. The fourth-order valence-electron chi connectivity index (χ4n) is 2.89. The number of carbonyl (C=O) groups is 2. The van der Waals surface area contributed by atoms with Crippen molar-refractivity contribution in [1.82, 2.24) is 4.90 Å². The zero-order valence-corrected chi connectivity index (χ0v) is 15.8. The number of nitrogens with zero attached hydrogens (tertiary/aromatic N) is 1. The number of fused-ring (bicyclic) bond motifs is 1. The first-order valence-corrected chi connectivity index (χ1v) is 8.60. The quantitative estimate of drug-likeness (QED) is 0.424. The van der Waals surface area contributed by atoms with Gasteiger partial charge < -0.3 is 19.8 Å². The van der Waals surface area contributed by atoms with E-state index in [9.17, 15) is 14.4 Å². The second-order valence-electron chi connectivity index (χ2n) is 6.65. The van der Waals surface area contributed by atoms with Crippen LogP contribution in [-0.2, 0) is 6.42 Å². The highest BCUT2D eigenvalue weighted by Gasteiger charge is 2.19. The Morgan fingerprint density at radius 2 is 1.89 bits per heavy atom. The lowest BCUT2D eigenvalue weighted by Crippen LogP contribution is -2.25. The summed E-state index contributed by atoms with van der Waals surface area (Å²) >= 11 is 0. The summed E-state index contributed by atoms with van der Waals surface area (Å²) in [4.78, 5) is 38.2. The molecule has 0 fully saturated rings. The smallest absolute Gasteiger partial charge is 0.414 e. The van der Waals surface area contributed by atoms with E-state index in [-0.39, 0.29) is 29.1 Å². The molecule has 3 aromatic rings. The van der Waals surface area contributed by atoms with Crippen LogP contribution >= 0.6 is 0 Å². The third-order valence-electron chi connectivity index (χ3n) is 4.30. The molecule has 0 atom stereocenters. The van der Waals surface area contributed by atoms with Crippen molar-refractivity contribution < 1.29 is 18.7 Å². The lowest BCUT2D eigenvalue weighted by atomic mass is 9.98. The molecule has 144 valence electrons. The van der Waals surface area contributed by atoms with Crippen molar-refractivity contribution in [3.8, 4) is 5.75 Å². The molecule has 0 radical (unpaired) electrons. The van der Waals surface area contributed by atoms with Gasteiger partial charge in [0.05, 0.1) is 0 Å². The molecule has 7 heteroatoms. The summed E-state index contributed by atoms with van der Waals surface area (Å²) in [6, 6.07) is 11.6. The molecular weight excluding hydrogens is 360 g/mol. The lowest BCUT2D eigenvalue weighted by molar-refractivity contribution is 0.0989. The molecule has 0 bridgehead atoms. The third-order valence-corrected chi connectivity index (χ3v) is 4.30. The van der Waals surface area contributed by atoms with Crippen molar-refractivity contribution in [3.63, 3.8) is 0 Å². The molecule has 0 aliphatic carbocycles. The van der Waals surface area contributed by atoms with Crippen LogP contribution in [-0.4, -0.2) is 30.9 Å². The van der Waals surface area contributed by atoms with Crippen LogP contribution in [0.1, 0.15) is 21.5 Å². The number of rotatable bonds is 4. The summed E-state index contributed by atoms with van der Waals surface area (Å²) < 4.78 is 10.5. The first-order chi connectivity index (χ1) is 13.3. The number of Topliss-reactive ketones (excluding diaryl/α,β-unsaturated/α-hetero) is 1. The van der Waals surface area contributed by atoms with Gasteiger partial charge in [0.25, 0.3) is 0 Å². The Hall–Kier alpha value is -3.61. The SMILES string of the molecule is Cc1c(C(=O)Cc2cccc(N)c2)c(=O)oc2cc(OC(=O)N(C)C)ccc12. The molecule has 28 heavy (non-hydrogen) atoms. The minimum atomic E-state index is -0.727. The molecule has 2 aromatic carbocycles. The second-order valence-corrected chi connectivity index (χ2v) is 6.65. The van der Waals surface area contributed by atoms with Gasteiger partial charge in [-0.2, -0.15) is 0 Å². The van der Waals surface area contributed by atoms with Gasteiger partial charge in [-0.25, -0.2) is 9.59 Å². The summed E-state index contributed by atoms with van der Waals surface area (Å²) in [5.74, 6) is -0.102. The summed E-state index contributed by atoms with van der Waals surface area (Å²) in [5, 5.41) is 0.597. The van der Waals surface area contributed by atoms with Gasteiger partial charge in [-0.1, -0.05) is 12.1 Å². The summed E-state index contributed by atoms with van der Waals surface area (Å²) in [5.41, 5.74) is 7.05. The number of amides is 1. The number of anilines is 1. The molecular formula is C21H20N2O5. The zero-order chi connectivity index (χ0) is 20.4. The topological polar surface area (TPSA) is 103 Å². The number of ether oxygens (including phenoxy) is 1. The lowest BCUT2D eigenvalue weighted by Gasteiger charge is -2.12. The van der Waals surface area contributed by atoms with E-state index in [1.54, 1.807) is 57.4 Å². The standard InChI is InChI=1S/C21H20N2O5/c1-12-16-8-7-15(27-21(26)23(2)3)11-18(16)28-20(25)19(12)17(24)10-13-5-4-6-14(22)9-13/h4-9,11H,10,22H2,1-3H3. The van der Waals surface area contributed by atoms with Gasteiger partial charge in [0.15, 0.2) is 5.78 Å². The van der Waals surface area contributed by atoms with E-state index in [4.69, 9.17) is 14.9 Å².